The van der Waals surface area contributed by atoms with E-state index in [2.05, 4.69) is 25.3 Å². The van der Waals surface area contributed by atoms with Crippen LogP contribution in [0, 0.1) is 5.82 Å². The maximum Gasteiger partial charge on any atom is 0.274 e. The van der Waals surface area contributed by atoms with Gasteiger partial charge in [0.25, 0.3) is 11.8 Å². The summed E-state index contributed by atoms with van der Waals surface area (Å²) in [6.07, 6.45) is 3.22. The number of nitrogens with zero attached hydrogens (tertiary/aromatic N) is 5. The average molecular weight is 527 g/mol. The number of rotatable bonds is 8. The molecule has 0 saturated heterocycles. The molecule has 0 saturated carbocycles. The number of carbonyl (C=O) groups excluding carboxylic acids is 2. The number of nitrogens with one attached hydrogen (secondary N) is 1. The lowest BCUT2D eigenvalue weighted by molar-refractivity contribution is -0.119. The van der Waals surface area contributed by atoms with Crippen LogP contribution < -0.4 is 21.5 Å². The van der Waals surface area contributed by atoms with Gasteiger partial charge in [0.05, 0.1) is 35.3 Å². The minimum Gasteiger partial charge on any atom is -0.482 e. The Morgan fingerprint density at radius 2 is 1.77 bits per heavy atom. The number of nitrogen functional groups attached to an aromatic ring is 1. The maximum absolute atomic E-state index is 13.6. The molecule has 0 radical (unpaired) electrons. The summed E-state index contributed by atoms with van der Waals surface area (Å²) in [5.41, 5.74) is 15.3. The van der Waals surface area contributed by atoms with Gasteiger partial charge in [-0.3, -0.25) is 14.6 Å². The summed E-state index contributed by atoms with van der Waals surface area (Å²) in [5, 5.41) is 2.72. The van der Waals surface area contributed by atoms with Crippen molar-refractivity contribution in [3.05, 3.63) is 84.3 Å². The summed E-state index contributed by atoms with van der Waals surface area (Å²) >= 11 is 0. The molecule has 0 aliphatic heterocycles. The predicted molar refractivity (Wildman–Crippen MR) is 142 cm³/mol. The van der Waals surface area contributed by atoms with E-state index in [1.165, 1.54) is 18.3 Å². The number of hydrogen-bond donors (Lipinski definition) is 3. The Morgan fingerprint density at radius 3 is 2.54 bits per heavy atom. The highest BCUT2D eigenvalue weighted by atomic mass is 19.1. The summed E-state index contributed by atoms with van der Waals surface area (Å²) in [5.74, 6) is -1.45. The number of ether oxygens (including phenoxy) is 1. The number of fused-ring (bicyclic) bond motifs is 1. The Balaban J connectivity index is 1.52. The number of carbonyl (C=O) groups is 2. The molecular weight excluding hydrogens is 503 g/mol. The molecule has 0 unspecified atom stereocenters. The maximum atomic E-state index is 13.6. The van der Waals surface area contributed by atoms with E-state index >= 15 is 0 Å². The van der Waals surface area contributed by atoms with Gasteiger partial charge < -0.3 is 26.1 Å². The Labute approximate surface area is 221 Å². The van der Waals surface area contributed by atoms with E-state index < -0.39 is 17.6 Å². The molecule has 0 aliphatic carbocycles. The molecule has 2 aromatic carbocycles. The van der Waals surface area contributed by atoms with Crippen LogP contribution in [0.3, 0.4) is 0 Å². The Kier molecular flexibility index (Phi) is 6.83. The topological polar surface area (TPSA) is 164 Å². The van der Waals surface area contributed by atoms with Crippen LogP contribution in [0.5, 0.6) is 5.75 Å². The second kappa shape index (κ2) is 10.5. The zero-order chi connectivity index (χ0) is 27.5. The SMILES string of the molecule is Cn1cnc2ccc(-c3nc(C(=O)NCc4ncccc4OCC(N)=O)c(N)nc3-c3ccc(F)cc3)cc21. The molecule has 0 bridgehead atoms. The number of anilines is 1. The molecule has 5 rings (SSSR count). The Hall–Kier alpha value is -5.39. The lowest BCUT2D eigenvalue weighted by Gasteiger charge is -2.14. The lowest BCUT2D eigenvalue weighted by Crippen LogP contribution is -2.27. The number of amides is 2. The molecule has 196 valence electrons. The highest BCUT2D eigenvalue weighted by Crippen LogP contribution is 2.32. The van der Waals surface area contributed by atoms with Crippen molar-refractivity contribution >= 4 is 28.7 Å². The molecule has 3 heterocycles. The van der Waals surface area contributed by atoms with Gasteiger partial charge in [-0.05, 0) is 48.5 Å². The van der Waals surface area contributed by atoms with Crippen LogP contribution in [-0.2, 0) is 18.4 Å². The van der Waals surface area contributed by atoms with Crippen LogP contribution in [0.15, 0.2) is 67.1 Å². The molecule has 0 spiro atoms. The number of nitrogens with two attached hydrogens (primary N) is 2. The van der Waals surface area contributed by atoms with Gasteiger partial charge in [0.15, 0.2) is 18.1 Å². The third-order valence-electron chi connectivity index (χ3n) is 5.89. The zero-order valence-corrected chi connectivity index (χ0v) is 20.8. The molecule has 5 aromatic rings. The first-order chi connectivity index (χ1) is 18.8. The lowest BCUT2D eigenvalue weighted by atomic mass is 10.0. The highest BCUT2D eigenvalue weighted by molar-refractivity contribution is 5.98. The van der Waals surface area contributed by atoms with Crippen LogP contribution in [0.2, 0.25) is 0 Å². The zero-order valence-electron chi connectivity index (χ0n) is 20.8. The first-order valence-corrected chi connectivity index (χ1v) is 11.8. The van der Waals surface area contributed by atoms with E-state index in [4.69, 9.17) is 16.2 Å². The molecule has 0 atom stereocenters. The largest absolute Gasteiger partial charge is 0.482 e. The van der Waals surface area contributed by atoms with Gasteiger partial charge in [0, 0.05) is 24.4 Å². The molecule has 0 aliphatic rings. The van der Waals surface area contributed by atoms with Crippen molar-refractivity contribution in [1.82, 2.24) is 29.8 Å². The first kappa shape index (κ1) is 25.3. The molecule has 2 amide bonds. The van der Waals surface area contributed by atoms with Crippen LogP contribution >= 0.6 is 0 Å². The number of aromatic nitrogens is 5. The van der Waals surface area contributed by atoms with Crippen LogP contribution in [-0.4, -0.2) is 42.9 Å². The predicted octanol–water partition coefficient (Wildman–Crippen LogP) is 2.61. The summed E-state index contributed by atoms with van der Waals surface area (Å²) in [6, 6.07) is 14.5. The fraction of sp³-hybridized carbons (Fsp3) is 0.111. The number of primary amides is 1. The third kappa shape index (κ3) is 5.34. The fourth-order valence-electron chi connectivity index (χ4n) is 3.98. The van der Waals surface area contributed by atoms with Crippen molar-refractivity contribution in [3.63, 3.8) is 0 Å². The van der Waals surface area contributed by atoms with E-state index in [1.807, 2.05) is 29.8 Å². The van der Waals surface area contributed by atoms with Crippen molar-refractivity contribution in [2.45, 2.75) is 6.54 Å². The van der Waals surface area contributed by atoms with Gasteiger partial charge in [-0.25, -0.2) is 19.3 Å². The average Bonchev–Trinajstić information content (AvgIpc) is 3.31. The fourth-order valence-corrected chi connectivity index (χ4v) is 3.98. The molecule has 5 N–H and O–H groups in total. The number of hydrogen-bond acceptors (Lipinski definition) is 8. The standard InChI is InChI=1S/C27H23FN8O3/c1-36-14-33-18-9-6-16(11-20(18)36)24-23(15-4-7-17(28)8-5-15)35-26(30)25(34-24)27(38)32-12-19-21(3-2-10-31-19)39-13-22(29)37/h2-11,14H,12-13H2,1H3,(H2,29,37)(H2,30,35)(H,32,38). The molecule has 12 heteroatoms. The molecule has 39 heavy (non-hydrogen) atoms. The monoisotopic (exact) mass is 526 g/mol. The Bertz CT molecular complexity index is 1700. The second-order valence-corrected chi connectivity index (χ2v) is 8.61. The van der Waals surface area contributed by atoms with Crippen molar-refractivity contribution < 1.29 is 18.7 Å². The van der Waals surface area contributed by atoms with Crippen molar-refractivity contribution in [2.75, 3.05) is 12.3 Å². The number of benzene rings is 2. The smallest absolute Gasteiger partial charge is 0.274 e. The highest BCUT2D eigenvalue weighted by Gasteiger charge is 2.21. The van der Waals surface area contributed by atoms with Crippen LogP contribution in [0.4, 0.5) is 10.2 Å². The minimum atomic E-state index is -0.644. The number of halogens is 1. The summed E-state index contributed by atoms with van der Waals surface area (Å²) in [4.78, 5) is 42.0. The van der Waals surface area contributed by atoms with E-state index in [-0.39, 0.29) is 24.7 Å². The van der Waals surface area contributed by atoms with Crippen LogP contribution in [0.25, 0.3) is 33.5 Å². The van der Waals surface area contributed by atoms with Crippen LogP contribution in [0.1, 0.15) is 16.2 Å². The van der Waals surface area contributed by atoms with Crippen molar-refractivity contribution in [3.8, 4) is 28.3 Å². The third-order valence-corrected chi connectivity index (χ3v) is 5.89. The quantitative estimate of drug-likeness (QED) is 0.278. The van der Waals surface area contributed by atoms with Crippen molar-refractivity contribution in [2.24, 2.45) is 12.8 Å². The number of pyridine rings is 1. The van der Waals surface area contributed by atoms with E-state index in [1.54, 1.807) is 30.6 Å². The normalized spacial score (nSPS) is 10.9. The second-order valence-electron chi connectivity index (χ2n) is 8.61. The summed E-state index contributed by atoms with van der Waals surface area (Å²) in [6.45, 7) is -0.370. The van der Waals surface area contributed by atoms with Gasteiger partial charge in [-0.15, -0.1) is 0 Å². The summed E-state index contributed by atoms with van der Waals surface area (Å²) in [7, 11) is 1.87. The molecule has 3 aromatic heterocycles. The molecule has 0 fully saturated rings. The van der Waals surface area contributed by atoms with Gasteiger partial charge in [-0.1, -0.05) is 6.07 Å². The molecular formula is C27H23FN8O3. The number of imidazole rings is 1. The Morgan fingerprint density at radius 1 is 1.03 bits per heavy atom. The van der Waals surface area contributed by atoms with E-state index in [0.717, 1.165) is 11.0 Å². The van der Waals surface area contributed by atoms with Gasteiger partial charge in [-0.2, -0.15) is 0 Å². The van der Waals surface area contributed by atoms with E-state index in [9.17, 15) is 14.0 Å². The van der Waals surface area contributed by atoms with Crippen molar-refractivity contribution in [1.29, 1.82) is 0 Å². The minimum absolute atomic E-state index is 0.0368. The molecule has 11 nitrogen and oxygen atoms in total. The summed E-state index contributed by atoms with van der Waals surface area (Å²) < 4.78 is 20.9. The van der Waals surface area contributed by atoms with Gasteiger partial charge in [0.2, 0.25) is 0 Å². The first-order valence-electron chi connectivity index (χ1n) is 11.8. The van der Waals surface area contributed by atoms with E-state index in [0.29, 0.717) is 34.0 Å². The van der Waals surface area contributed by atoms with Gasteiger partial charge >= 0.3 is 0 Å². The number of aryl methyl sites for hydroxylation is 1. The van der Waals surface area contributed by atoms with Gasteiger partial charge in [0.1, 0.15) is 17.3 Å².